The Bertz CT molecular complexity index is 1530. The number of aromatic nitrogens is 5. The van der Waals surface area contributed by atoms with E-state index in [9.17, 15) is 4.79 Å². The average Bonchev–Trinajstić information content (AvgIpc) is 3.46. The Morgan fingerprint density at radius 2 is 2.03 bits per heavy atom. The fraction of sp³-hybridized carbons (Fsp3) is 0.200. The summed E-state index contributed by atoms with van der Waals surface area (Å²) in [7, 11) is 1.63. The highest BCUT2D eigenvalue weighted by molar-refractivity contribution is 5.95. The second kappa shape index (κ2) is 8.51. The number of rotatable bonds is 6. The molecule has 4 heterocycles. The van der Waals surface area contributed by atoms with Crippen LogP contribution >= 0.6 is 0 Å². The zero-order valence-electron chi connectivity index (χ0n) is 19.2. The first-order valence-electron chi connectivity index (χ1n) is 10.9. The number of fused-ring (bicyclic) bond motifs is 2. The van der Waals surface area contributed by atoms with Gasteiger partial charge in [0.1, 0.15) is 11.5 Å². The van der Waals surface area contributed by atoms with Crippen LogP contribution in [-0.2, 0) is 13.1 Å². The van der Waals surface area contributed by atoms with Crippen LogP contribution in [-0.4, -0.2) is 37.2 Å². The monoisotopic (exact) mass is 455 g/mol. The fourth-order valence-corrected chi connectivity index (χ4v) is 4.28. The number of methoxy groups -OCH3 is 1. The fourth-order valence-electron chi connectivity index (χ4n) is 4.28. The number of imidazole rings is 1. The van der Waals surface area contributed by atoms with E-state index in [0.717, 1.165) is 38.8 Å². The van der Waals surface area contributed by atoms with Crippen LogP contribution in [0.2, 0.25) is 0 Å². The van der Waals surface area contributed by atoms with Crippen molar-refractivity contribution in [3.8, 4) is 5.88 Å². The van der Waals surface area contributed by atoms with Crippen LogP contribution in [0.15, 0.2) is 55.1 Å². The van der Waals surface area contributed by atoms with E-state index in [4.69, 9.17) is 10.5 Å². The molecule has 9 heteroatoms. The van der Waals surface area contributed by atoms with Crippen molar-refractivity contribution in [3.05, 3.63) is 83.1 Å². The molecule has 4 aromatic heterocycles. The Morgan fingerprint density at radius 1 is 1.18 bits per heavy atom. The topological polar surface area (TPSA) is 112 Å². The summed E-state index contributed by atoms with van der Waals surface area (Å²) >= 11 is 0. The van der Waals surface area contributed by atoms with Gasteiger partial charge in [0.15, 0.2) is 5.88 Å². The summed E-state index contributed by atoms with van der Waals surface area (Å²) in [5.41, 5.74) is 11.3. The molecular weight excluding hydrogens is 430 g/mol. The number of aryl methyl sites for hydroxylation is 2. The predicted octanol–water partition coefficient (Wildman–Crippen LogP) is 3.26. The zero-order valence-corrected chi connectivity index (χ0v) is 19.2. The lowest BCUT2D eigenvalue weighted by Crippen LogP contribution is -2.23. The molecule has 5 rings (SSSR count). The van der Waals surface area contributed by atoms with Gasteiger partial charge < -0.3 is 15.8 Å². The van der Waals surface area contributed by atoms with Crippen molar-refractivity contribution in [1.82, 2.24) is 29.5 Å². The summed E-state index contributed by atoms with van der Waals surface area (Å²) in [4.78, 5) is 21.6. The third kappa shape index (κ3) is 3.81. The van der Waals surface area contributed by atoms with Gasteiger partial charge >= 0.3 is 0 Å². The number of hydrogen-bond acceptors (Lipinski definition) is 6. The Kier molecular flexibility index (Phi) is 5.37. The summed E-state index contributed by atoms with van der Waals surface area (Å²) in [5.74, 6) is 1.03. The highest BCUT2D eigenvalue weighted by Gasteiger charge is 2.14. The zero-order chi connectivity index (χ0) is 23.8. The lowest BCUT2D eigenvalue weighted by atomic mass is 9.96. The molecule has 0 bridgehead atoms. The van der Waals surface area contributed by atoms with Gasteiger partial charge in [0, 0.05) is 30.5 Å². The first-order chi connectivity index (χ1) is 16.4. The van der Waals surface area contributed by atoms with Gasteiger partial charge in [-0.05, 0) is 60.2 Å². The van der Waals surface area contributed by atoms with Crippen LogP contribution in [0.5, 0.6) is 5.88 Å². The second-order valence-corrected chi connectivity index (χ2v) is 8.23. The molecular formula is C25H25N7O2. The maximum atomic E-state index is 12.8. The molecule has 0 aliphatic heterocycles. The van der Waals surface area contributed by atoms with Crippen LogP contribution < -0.4 is 15.8 Å². The molecule has 0 aliphatic carbocycles. The van der Waals surface area contributed by atoms with Crippen molar-refractivity contribution >= 4 is 28.1 Å². The van der Waals surface area contributed by atoms with Crippen molar-refractivity contribution in [3.63, 3.8) is 0 Å². The number of carbonyl (C=O) groups is 1. The molecule has 1 aromatic carbocycles. The number of hydrogen-bond donors (Lipinski definition) is 2. The minimum Gasteiger partial charge on any atom is -0.482 e. The average molecular weight is 456 g/mol. The Morgan fingerprint density at radius 3 is 2.85 bits per heavy atom. The molecule has 0 unspecified atom stereocenters. The molecule has 3 N–H and O–H groups in total. The van der Waals surface area contributed by atoms with Crippen LogP contribution in [0.25, 0.3) is 16.4 Å². The van der Waals surface area contributed by atoms with Gasteiger partial charge in [-0.25, -0.2) is 9.97 Å². The normalized spacial score (nSPS) is 11.3. The number of nitrogens with two attached hydrogens (primary N) is 1. The van der Waals surface area contributed by atoms with Gasteiger partial charge in [0.25, 0.3) is 5.91 Å². The molecule has 9 nitrogen and oxygen atoms in total. The van der Waals surface area contributed by atoms with E-state index in [1.807, 2.05) is 54.8 Å². The van der Waals surface area contributed by atoms with Crippen molar-refractivity contribution in [1.29, 1.82) is 0 Å². The largest absolute Gasteiger partial charge is 0.482 e. The number of pyridine rings is 2. The van der Waals surface area contributed by atoms with Crippen LogP contribution in [0, 0.1) is 13.8 Å². The minimum absolute atomic E-state index is 0.184. The smallest absolute Gasteiger partial charge is 0.254 e. The summed E-state index contributed by atoms with van der Waals surface area (Å²) in [6.07, 6.45) is 6.90. The van der Waals surface area contributed by atoms with Gasteiger partial charge in [0.2, 0.25) is 0 Å². The highest BCUT2D eigenvalue weighted by Crippen LogP contribution is 2.27. The highest BCUT2D eigenvalue weighted by atomic mass is 16.5. The van der Waals surface area contributed by atoms with Crippen LogP contribution in [0.4, 0.5) is 5.82 Å². The molecule has 1 amide bonds. The van der Waals surface area contributed by atoms with E-state index in [1.54, 1.807) is 30.4 Å². The van der Waals surface area contributed by atoms with E-state index in [0.29, 0.717) is 30.4 Å². The summed E-state index contributed by atoms with van der Waals surface area (Å²) in [6.45, 7) is 4.91. The summed E-state index contributed by atoms with van der Waals surface area (Å²) < 4.78 is 8.95. The summed E-state index contributed by atoms with van der Waals surface area (Å²) in [5, 5.41) is 9.33. The number of carbonyl (C=O) groups excluding carboxylic acids is 1. The standard InChI is InChI=1S/C25H25N7O2/c1-15-9-20-19(7-8-27-24(20)26)16(2)21(15)11-28-25(33)17-10-29-31(12-17)13-18-14-32-22(30-18)5-4-6-23(32)34-3/h4-10,12,14H,11,13H2,1-3H3,(H2,26,27)(H,28,33). The Hall–Kier alpha value is -4.40. The van der Waals surface area contributed by atoms with E-state index in [1.165, 1.54) is 0 Å². The predicted molar refractivity (Wildman–Crippen MR) is 130 cm³/mol. The Labute approximate surface area is 196 Å². The van der Waals surface area contributed by atoms with E-state index in [2.05, 4.69) is 20.4 Å². The molecule has 0 saturated carbocycles. The third-order valence-electron chi connectivity index (χ3n) is 6.07. The van der Waals surface area contributed by atoms with E-state index in [-0.39, 0.29) is 5.91 Å². The second-order valence-electron chi connectivity index (χ2n) is 8.23. The lowest BCUT2D eigenvalue weighted by Gasteiger charge is -2.14. The van der Waals surface area contributed by atoms with Crippen LogP contribution in [0.3, 0.4) is 0 Å². The quantitative estimate of drug-likeness (QED) is 0.406. The maximum absolute atomic E-state index is 12.8. The number of nitrogens with one attached hydrogen (secondary N) is 1. The van der Waals surface area contributed by atoms with Crippen molar-refractivity contribution < 1.29 is 9.53 Å². The lowest BCUT2D eigenvalue weighted by molar-refractivity contribution is 0.0950. The number of nitrogens with zero attached hydrogens (tertiary/aromatic N) is 5. The molecule has 0 atom stereocenters. The number of benzene rings is 1. The molecule has 0 aliphatic rings. The first kappa shape index (κ1) is 21.4. The van der Waals surface area contributed by atoms with Gasteiger partial charge in [-0.3, -0.25) is 13.9 Å². The van der Waals surface area contributed by atoms with Crippen molar-refractivity contribution in [2.75, 3.05) is 12.8 Å². The maximum Gasteiger partial charge on any atom is 0.254 e. The molecule has 0 radical (unpaired) electrons. The molecule has 0 saturated heterocycles. The van der Waals surface area contributed by atoms with Crippen molar-refractivity contribution in [2.24, 2.45) is 0 Å². The summed E-state index contributed by atoms with van der Waals surface area (Å²) in [6, 6.07) is 9.65. The van der Waals surface area contributed by atoms with Gasteiger partial charge in [-0.15, -0.1) is 0 Å². The van der Waals surface area contributed by atoms with E-state index >= 15 is 0 Å². The SMILES string of the molecule is COc1cccc2nc(Cn3cc(C(=O)NCc4c(C)cc5c(N)nccc5c4C)cn3)cn12. The number of nitrogen functional groups attached to an aromatic ring is 1. The third-order valence-corrected chi connectivity index (χ3v) is 6.07. The van der Waals surface area contributed by atoms with Gasteiger partial charge in [0.05, 0.1) is 31.1 Å². The van der Waals surface area contributed by atoms with Gasteiger partial charge in [-0.1, -0.05) is 6.07 Å². The minimum atomic E-state index is -0.184. The molecule has 5 aromatic rings. The number of amides is 1. The van der Waals surface area contributed by atoms with Crippen LogP contribution in [0.1, 0.15) is 32.7 Å². The molecule has 0 spiro atoms. The molecule has 34 heavy (non-hydrogen) atoms. The molecule has 0 fully saturated rings. The first-order valence-corrected chi connectivity index (χ1v) is 10.9. The van der Waals surface area contributed by atoms with Crippen molar-refractivity contribution in [2.45, 2.75) is 26.9 Å². The number of anilines is 1. The number of ether oxygens (including phenoxy) is 1. The van der Waals surface area contributed by atoms with Gasteiger partial charge in [-0.2, -0.15) is 5.10 Å². The molecule has 172 valence electrons. The Balaban J connectivity index is 1.30. The van der Waals surface area contributed by atoms with E-state index < -0.39 is 0 Å².